The van der Waals surface area contributed by atoms with Crippen molar-refractivity contribution in [2.45, 2.75) is 6.42 Å². The average Bonchev–Trinajstić information content (AvgIpc) is 2.81. The number of esters is 2. The van der Waals surface area contributed by atoms with Gasteiger partial charge in [-0.05, 0) is 64.0 Å². The summed E-state index contributed by atoms with van der Waals surface area (Å²) in [6.07, 6.45) is 0.785. The second-order valence-electron chi connectivity index (χ2n) is 6.77. The molecule has 0 radical (unpaired) electrons. The largest absolute Gasteiger partial charge is 0.492 e. The molecular weight excluding hydrogens is 476 g/mol. The first-order valence-corrected chi connectivity index (χ1v) is 10.8. The molecule has 0 spiro atoms. The Morgan fingerprint density at radius 3 is 2.22 bits per heavy atom. The highest BCUT2D eigenvalue weighted by Crippen LogP contribution is 2.27. The zero-order valence-electron chi connectivity index (χ0n) is 17.6. The van der Waals surface area contributed by atoms with Gasteiger partial charge in [-0.2, -0.15) is 0 Å². The lowest BCUT2D eigenvalue weighted by Gasteiger charge is -2.10. The molecule has 7 heteroatoms. The van der Waals surface area contributed by atoms with Crippen LogP contribution in [0.4, 0.5) is 0 Å². The fourth-order valence-corrected chi connectivity index (χ4v) is 3.29. The number of carbonyl (C=O) groups excluding carboxylic acids is 2. The van der Waals surface area contributed by atoms with Crippen molar-refractivity contribution in [3.05, 3.63) is 94.0 Å². The smallest absolute Gasteiger partial charge is 0.343 e. The van der Waals surface area contributed by atoms with E-state index in [0.29, 0.717) is 40.3 Å². The molecule has 0 aliphatic rings. The van der Waals surface area contributed by atoms with E-state index in [1.54, 1.807) is 30.3 Å². The number of rotatable bonds is 10. The van der Waals surface area contributed by atoms with Gasteiger partial charge in [-0.1, -0.05) is 30.3 Å². The molecule has 166 valence electrons. The second-order valence-corrected chi connectivity index (χ2v) is 7.63. The molecule has 0 atom stereocenters. The van der Waals surface area contributed by atoms with Crippen molar-refractivity contribution in [3.63, 3.8) is 0 Å². The first-order valence-electron chi connectivity index (χ1n) is 10.0. The van der Waals surface area contributed by atoms with Gasteiger partial charge in [0.2, 0.25) is 0 Å². The van der Waals surface area contributed by atoms with Gasteiger partial charge in [-0.15, -0.1) is 0 Å². The maximum Gasteiger partial charge on any atom is 0.343 e. The van der Waals surface area contributed by atoms with Crippen molar-refractivity contribution >= 4 is 27.9 Å². The van der Waals surface area contributed by atoms with Gasteiger partial charge in [0, 0.05) is 13.5 Å². The number of halogens is 1. The van der Waals surface area contributed by atoms with Crippen LogP contribution in [0, 0.1) is 0 Å². The number of methoxy groups -OCH3 is 1. The maximum atomic E-state index is 12.5. The van der Waals surface area contributed by atoms with Crippen molar-refractivity contribution in [1.29, 1.82) is 0 Å². The Kier molecular flexibility index (Phi) is 8.83. The standard InChI is InChI=1S/C25H23BrO6/c1-29-15-16-31-24(27)19-7-10-21(11-8-19)32-25(28)20-9-12-23(22(26)17-20)30-14-13-18-5-3-2-4-6-18/h2-12,17H,13-16H2,1H3. The van der Waals surface area contributed by atoms with E-state index in [-0.39, 0.29) is 6.61 Å². The number of benzene rings is 3. The topological polar surface area (TPSA) is 71.1 Å². The van der Waals surface area contributed by atoms with Crippen LogP contribution in [0.15, 0.2) is 77.3 Å². The summed E-state index contributed by atoms with van der Waals surface area (Å²) in [6, 6.07) is 21.3. The third-order valence-corrected chi connectivity index (χ3v) is 5.10. The van der Waals surface area contributed by atoms with Crippen molar-refractivity contribution in [3.8, 4) is 11.5 Å². The quantitative estimate of drug-likeness (QED) is 0.220. The molecule has 0 saturated carbocycles. The van der Waals surface area contributed by atoms with Crippen LogP contribution >= 0.6 is 15.9 Å². The van der Waals surface area contributed by atoms with E-state index in [1.165, 1.54) is 24.8 Å². The Morgan fingerprint density at radius 1 is 0.812 bits per heavy atom. The third kappa shape index (κ3) is 6.93. The first-order chi connectivity index (χ1) is 15.6. The zero-order valence-corrected chi connectivity index (χ0v) is 19.2. The Bertz CT molecular complexity index is 1030. The van der Waals surface area contributed by atoms with E-state index < -0.39 is 11.9 Å². The Hall–Kier alpha value is -3.16. The molecule has 0 amide bonds. The lowest BCUT2D eigenvalue weighted by molar-refractivity contribution is 0.0388. The molecule has 6 nitrogen and oxygen atoms in total. The minimum absolute atomic E-state index is 0.174. The summed E-state index contributed by atoms with van der Waals surface area (Å²) < 4.78 is 21.8. The van der Waals surface area contributed by atoms with E-state index in [9.17, 15) is 9.59 Å². The number of hydrogen-bond acceptors (Lipinski definition) is 6. The molecule has 0 saturated heterocycles. The highest BCUT2D eigenvalue weighted by molar-refractivity contribution is 9.10. The van der Waals surface area contributed by atoms with Crippen LogP contribution in [-0.4, -0.2) is 38.9 Å². The van der Waals surface area contributed by atoms with Crippen molar-refractivity contribution < 1.29 is 28.5 Å². The Balaban J connectivity index is 1.53. The van der Waals surface area contributed by atoms with Gasteiger partial charge in [0.1, 0.15) is 18.1 Å². The van der Waals surface area contributed by atoms with E-state index in [0.717, 1.165) is 6.42 Å². The molecule has 0 N–H and O–H groups in total. The second kappa shape index (κ2) is 12.0. The highest BCUT2D eigenvalue weighted by Gasteiger charge is 2.13. The van der Waals surface area contributed by atoms with E-state index in [2.05, 4.69) is 15.9 Å². The average molecular weight is 499 g/mol. The molecule has 32 heavy (non-hydrogen) atoms. The van der Waals surface area contributed by atoms with Gasteiger partial charge in [0.25, 0.3) is 0 Å². The Labute approximate surface area is 195 Å². The molecular formula is C25H23BrO6. The van der Waals surface area contributed by atoms with Crippen LogP contribution in [0.25, 0.3) is 0 Å². The lowest BCUT2D eigenvalue weighted by atomic mass is 10.2. The van der Waals surface area contributed by atoms with Crippen LogP contribution in [0.3, 0.4) is 0 Å². The fraction of sp³-hybridized carbons (Fsp3) is 0.200. The minimum Gasteiger partial charge on any atom is -0.492 e. The van der Waals surface area contributed by atoms with Crippen LogP contribution in [-0.2, 0) is 15.9 Å². The van der Waals surface area contributed by atoms with Crippen molar-refractivity contribution in [2.75, 3.05) is 26.9 Å². The predicted octanol–water partition coefficient (Wildman–Crippen LogP) is 5.09. The maximum absolute atomic E-state index is 12.5. The van der Waals surface area contributed by atoms with E-state index >= 15 is 0 Å². The van der Waals surface area contributed by atoms with Gasteiger partial charge in [-0.3, -0.25) is 0 Å². The molecule has 0 heterocycles. The van der Waals surface area contributed by atoms with Gasteiger partial charge in [0.05, 0.1) is 28.8 Å². The summed E-state index contributed by atoms with van der Waals surface area (Å²) in [7, 11) is 1.53. The molecule has 0 fully saturated rings. The van der Waals surface area contributed by atoms with Crippen molar-refractivity contribution in [2.24, 2.45) is 0 Å². The molecule has 0 aliphatic carbocycles. The summed E-state index contributed by atoms with van der Waals surface area (Å²) in [5.74, 6) is -0.0137. The van der Waals surface area contributed by atoms with Crippen LogP contribution in [0.5, 0.6) is 11.5 Å². The van der Waals surface area contributed by atoms with Gasteiger partial charge in [-0.25, -0.2) is 9.59 Å². The highest BCUT2D eigenvalue weighted by atomic mass is 79.9. The van der Waals surface area contributed by atoms with Crippen LogP contribution < -0.4 is 9.47 Å². The monoisotopic (exact) mass is 498 g/mol. The third-order valence-electron chi connectivity index (χ3n) is 4.48. The predicted molar refractivity (Wildman–Crippen MR) is 123 cm³/mol. The molecule has 3 aromatic carbocycles. The SMILES string of the molecule is COCCOC(=O)c1ccc(OC(=O)c2ccc(OCCc3ccccc3)c(Br)c2)cc1. The summed E-state index contributed by atoms with van der Waals surface area (Å²) in [6.45, 7) is 1.02. The molecule has 3 aromatic rings. The summed E-state index contributed by atoms with van der Waals surface area (Å²) in [4.78, 5) is 24.4. The summed E-state index contributed by atoms with van der Waals surface area (Å²) >= 11 is 3.45. The van der Waals surface area contributed by atoms with Crippen LogP contribution in [0.1, 0.15) is 26.3 Å². The van der Waals surface area contributed by atoms with Gasteiger partial charge < -0.3 is 18.9 Å². The summed E-state index contributed by atoms with van der Waals surface area (Å²) in [5, 5.41) is 0. The van der Waals surface area contributed by atoms with Crippen molar-refractivity contribution in [1.82, 2.24) is 0 Å². The van der Waals surface area contributed by atoms with Gasteiger partial charge in [0.15, 0.2) is 0 Å². The molecule has 3 rings (SSSR count). The van der Waals surface area contributed by atoms with Crippen LogP contribution in [0.2, 0.25) is 0 Å². The normalized spacial score (nSPS) is 10.4. The zero-order chi connectivity index (χ0) is 22.8. The first kappa shape index (κ1) is 23.5. The number of hydrogen-bond donors (Lipinski definition) is 0. The number of ether oxygens (including phenoxy) is 4. The van der Waals surface area contributed by atoms with E-state index in [4.69, 9.17) is 18.9 Å². The lowest BCUT2D eigenvalue weighted by Crippen LogP contribution is -2.11. The fourth-order valence-electron chi connectivity index (χ4n) is 2.79. The van der Waals surface area contributed by atoms with Gasteiger partial charge >= 0.3 is 11.9 Å². The minimum atomic E-state index is -0.517. The summed E-state index contributed by atoms with van der Waals surface area (Å²) in [5.41, 5.74) is 1.93. The molecule has 0 aromatic heterocycles. The van der Waals surface area contributed by atoms with E-state index in [1.807, 2.05) is 30.3 Å². The molecule has 0 bridgehead atoms. The molecule has 0 unspecified atom stereocenters. The molecule has 0 aliphatic heterocycles. The Morgan fingerprint density at radius 2 is 1.53 bits per heavy atom. The number of carbonyl (C=O) groups is 2.